The molecule has 7 nitrogen and oxygen atoms in total. The lowest BCUT2D eigenvalue weighted by Gasteiger charge is -2.28. The molecular formula is C28H25ClN4O3S. The molecule has 0 amide bonds. The Labute approximate surface area is 225 Å². The lowest BCUT2D eigenvalue weighted by molar-refractivity contribution is 0.0697. The number of aromatic carboxylic acids is 1. The second-order valence-corrected chi connectivity index (χ2v) is 9.59. The monoisotopic (exact) mass is 532 g/mol. The first-order chi connectivity index (χ1) is 17.8. The molecule has 2 aromatic carbocycles. The van der Waals surface area contributed by atoms with Crippen molar-refractivity contribution in [3.05, 3.63) is 106 Å². The van der Waals surface area contributed by atoms with Gasteiger partial charge in [0.25, 0.3) is 0 Å². The minimum Gasteiger partial charge on any atom is -0.495 e. The van der Waals surface area contributed by atoms with Gasteiger partial charge in [-0.2, -0.15) is 0 Å². The zero-order valence-corrected chi connectivity index (χ0v) is 22.0. The van der Waals surface area contributed by atoms with Crippen LogP contribution < -0.4 is 15.0 Å². The van der Waals surface area contributed by atoms with Crippen molar-refractivity contribution in [2.75, 3.05) is 12.0 Å². The Balaban J connectivity index is 1.70. The summed E-state index contributed by atoms with van der Waals surface area (Å²) in [6.07, 6.45) is 1.76. The van der Waals surface area contributed by atoms with Gasteiger partial charge in [0.1, 0.15) is 5.75 Å². The third-order valence-electron chi connectivity index (χ3n) is 6.68. The van der Waals surface area contributed by atoms with E-state index in [9.17, 15) is 9.90 Å². The van der Waals surface area contributed by atoms with Gasteiger partial charge >= 0.3 is 5.97 Å². The Hall–Kier alpha value is -3.88. The number of methoxy groups -OCH3 is 1. The van der Waals surface area contributed by atoms with E-state index >= 15 is 0 Å². The van der Waals surface area contributed by atoms with E-state index in [-0.39, 0.29) is 17.6 Å². The Morgan fingerprint density at radius 1 is 1.11 bits per heavy atom. The molecule has 1 aliphatic rings. The Morgan fingerprint density at radius 3 is 2.54 bits per heavy atom. The van der Waals surface area contributed by atoms with Gasteiger partial charge in [0.05, 0.1) is 41.2 Å². The normalized spacial score (nSPS) is 17.1. The maximum absolute atomic E-state index is 12.0. The average Bonchev–Trinajstić information content (AvgIpc) is 3.39. The fourth-order valence-electron chi connectivity index (χ4n) is 5.06. The van der Waals surface area contributed by atoms with Crippen molar-refractivity contribution in [3.8, 4) is 11.4 Å². The molecule has 5 rings (SSSR count). The van der Waals surface area contributed by atoms with Gasteiger partial charge in [0, 0.05) is 23.3 Å². The highest BCUT2D eigenvalue weighted by molar-refractivity contribution is 7.80. The molecule has 0 radical (unpaired) electrons. The molecule has 2 N–H and O–H groups in total. The van der Waals surface area contributed by atoms with Crippen LogP contribution in [0.1, 0.15) is 45.1 Å². The first-order valence-electron chi connectivity index (χ1n) is 11.7. The summed E-state index contributed by atoms with van der Waals surface area (Å²) in [6, 6.07) is 19.9. The van der Waals surface area contributed by atoms with Gasteiger partial charge in [-0.3, -0.25) is 4.98 Å². The lowest BCUT2D eigenvalue weighted by Crippen LogP contribution is -2.29. The number of nitrogens with zero attached hydrogens (tertiary/aromatic N) is 3. The summed E-state index contributed by atoms with van der Waals surface area (Å²) in [7, 11) is 1.58. The number of aromatic nitrogens is 2. The number of anilines is 1. The van der Waals surface area contributed by atoms with Gasteiger partial charge in [-0.05, 0) is 80.2 Å². The number of carboxylic acid groups (broad SMARTS) is 1. The minimum atomic E-state index is -0.978. The first-order valence-corrected chi connectivity index (χ1v) is 12.5. The third kappa shape index (κ3) is 4.32. The quantitative estimate of drug-likeness (QED) is 0.294. The van der Waals surface area contributed by atoms with E-state index in [0.29, 0.717) is 21.6 Å². The van der Waals surface area contributed by atoms with Gasteiger partial charge < -0.3 is 24.6 Å². The number of rotatable bonds is 6. The van der Waals surface area contributed by atoms with Gasteiger partial charge in [0.15, 0.2) is 5.11 Å². The van der Waals surface area contributed by atoms with Gasteiger partial charge in [0.2, 0.25) is 0 Å². The van der Waals surface area contributed by atoms with E-state index in [1.54, 1.807) is 25.4 Å². The standard InChI is InChI=1S/C28H25ClN4O3S/c1-16-14-20(17(2)32(16)23-10-5-4-8-19(23)27(34)35)26-25(22-9-6-7-13-30-22)31-28(37)33(26)18-11-12-24(36-3)21(29)15-18/h4-15,25-26H,1-3H3,(H,31,37)(H,34,35)/t25-,26+/m0/s1. The molecule has 4 aromatic rings. The number of thiocarbonyl (C=S) groups is 1. The number of halogens is 1. The van der Waals surface area contributed by atoms with Gasteiger partial charge in [-0.25, -0.2) is 4.79 Å². The van der Waals surface area contributed by atoms with E-state index in [2.05, 4.69) is 16.4 Å². The van der Waals surface area contributed by atoms with Crippen molar-refractivity contribution in [3.63, 3.8) is 0 Å². The van der Waals surface area contributed by atoms with E-state index in [1.165, 1.54) is 0 Å². The summed E-state index contributed by atoms with van der Waals surface area (Å²) < 4.78 is 7.33. The molecular weight excluding hydrogens is 508 g/mol. The second kappa shape index (κ2) is 9.88. The largest absolute Gasteiger partial charge is 0.495 e. The molecule has 0 spiro atoms. The SMILES string of the molecule is COc1ccc(N2C(=S)N[C@@H](c3ccccn3)[C@H]2c2cc(C)n(-c3ccccc3C(=O)O)c2C)cc1Cl. The van der Waals surface area contributed by atoms with E-state index in [4.69, 9.17) is 28.6 Å². The Bertz CT molecular complexity index is 1500. The number of aryl methyl sites for hydroxylation is 1. The average molecular weight is 533 g/mol. The van der Waals surface area contributed by atoms with Crippen LogP contribution in [0.2, 0.25) is 5.02 Å². The molecule has 2 atom stereocenters. The molecule has 1 fully saturated rings. The molecule has 1 aliphatic heterocycles. The van der Waals surface area contributed by atoms with Crippen molar-refractivity contribution >= 4 is 40.6 Å². The van der Waals surface area contributed by atoms with Crippen LogP contribution in [0.15, 0.2) is 72.9 Å². The minimum absolute atomic E-state index is 0.232. The molecule has 0 bridgehead atoms. The molecule has 0 unspecified atom stereocenters. The molecule has 9 heteroatoms. The molecule has 3 heterocycles. The molecule has 188 valence electrons. The smallest absolute Gasteiger partial charge is 0.337 e. The van der Waals surface area contributed by atoms with Crippen LogP contribution in [0.25, 0.3) is 5.69 Å². The summed E-state index contributed by atoms with van der Waals surface area (Å²) in [6.45, 7) is 3.97. The number of carbonyl (C=O) groups is 1. The first kappa shape index (κ1) is 24.8. The predicted octanol–water partition coefficient (Wildman–Crippen LogP) is 6.03. The van der Waals surface area contributed by atoms with Gasteiger partial charge in [-0.15, -0.1) is 0 Å². The summed E-state index contributed by atoms with van der Waals surface area (Å²) >= 11 is 12.3. The molecule has 0 aliphatic carbocycles. The fourth-order valence-corrected chi connectivity index (χ4v) is 5.66. The number of nitrogens with one attached hydrogen (secondary N) is 1. The van der Waals surface area contributed by atoms with Crippen molar-refractivity contribution in [2.45, 2.75) is 25.9 Å². The summed E-state index contributed by atoms with van der Waals surface area (Å²) in [4.78, 5) is 18.7. The number of para-hydroxylation sites is 1. The van der Waals surface area contributed by atoms with Crippen LogP contribution in [-0.2, 0) is 0 Å². The number of hydrogen-bond donors (Lipinski definition) is 2. The zero-order chi connectivity index (χ0) is 26.3. The molecule has 37 heavy (non-hydrogen) atoms. The highest BCUT2D eigenvalue weighted by atomic mass is 35.5. The number of ether oxygens (including phenoxy) is 1. The van der Waals surface area contributed by atoms with Crippen LogP contribution in [0.3, 0.4) is 0 Å². The maximum Gasteiger partial charge on any atom is 0.337 e. The van der Waals surface area contributed by atoms with Crippen LogP contribution in [0.4, 0.5) is 5.69 Å². The summed E-state index contributed by atoms with van der Waals surface area (Å²) in [5, 5.41) is 14.3. The molecule has 0 saturated carbocycles. The number of benzene rings is 2. The maximum atomic E-state index is 12.0. The molecule has 1 saturated heterocycles. The van der Waals surface area contributed by atoms with Crippen LogP contribution in [-0.4, -0.2) is 32.8 Å². The van der Waals surface area contributed by atoms with Crippen molar-refractivity contribution < 1.29 is 14.6 Å². The summed E-state index contributed by atoms with van der Waals surface area (Å²) in [5.74, 6) is -0.404. The lowest BCUT2D eigenvalue weighted by atomic mass is 9.96. The van der Waals surface area contributed by atoms with Crippen molar-refractivity contribution in [1.82, 2.24) is 14.9 Å². The third-order valence-corrected chi connectivity index (χ3v) is 7.29. The number of pyridine rings is 1. The van der Waals surface area contributed by atoms with E-state index < -0.39 is 5.97 Å². The van der Waals surface area contributed by atoms with E-state index in [1.807, 2.05) is 71.8 Å². The Morgan fingerprint density at radius 2 is 1.86 bits per heavy atom. The highest BCUT2D eigenvalue weighted by Crippen LogP contribution is 2.45. The number of hydrogen-bond acceptors (Lipinski definition) is 4. The van der Waals surface area contributed by atoms with Gasteiger partial charge in [-0.1, -0.05) is 29.8 Å². The van der Waals surface area contributed by atoms with Crippen molar-refractivity contribution in [1.29, 1.82) is 0 Å². The topological polar surface area (TPSA) is 79.6 Å². The van der Waals surface area contributed by atoms with Crippen LogP contribution in [0, 0.1) is 13.8 Å². The Kier molecular flexibility index (Phi) is 6.62. The predicted molar refractivity (Wildman–Crippen MR) is 148 cm³/mol. The number of carboxylic acids is 1. The van der Waals surface area contributed by atoms with Crippen LogP contribution >= 0.6 is 23.8 Å². The zero-order valence-electron chi connectivity index (χ0n) is 20.5. The second-order valence-electron chi connectivity index (χ2n) is 8.80. The highest BCUT2D eigenvalue weighted by Gasteiger charge is 2.42. The summed E-state index contributed by atoms with van der Waals surface area (Å²) in [5.41, 5.74) is 5.30. The molecule has 2 aromatic heterocycles. The van der Waals surface area contributed by atoms with E-state index in [0.717, 1.165) is 28.3 Å². The fraction of sp³-hybridized carbons (Fsp3) is 0.179. The van der Waals surface area contributed by atoms with Crippen LogP contribution in [0.5, 0.6) is 5.75 Å². The van der Waals surface area contributed by atoms with Crippen molar-refractivity contribution in [2.24, 2.45) is 0 Å².